The van der Waals surface area contributed by atoms with Gasteiger partial charge in [-0.15, -0.1) is 11.3 Å². The molecule has 0 fully saturated rings. The molecule has 26 heavy (non-hydrogen) atoms. The van der Waals surface area contributed by atoms with Gasteiger partial charge in [0.1, 0.15) is 5.01 Å². The molecule has 132 valence electrons. The van der Waals surface area contributed by atoms with Crippen LogP contribution in [-0.2, 0) is 12.7 Å². The Bertz CT molecular complexity index is 1040. The van der Waals surface area contributed by atoms with Gasteiger partial charge in [-0.2, -0.15) is 13.2 Å². The van der Waals surface area contributed by atoms with Gasteiger partial charge in [0.05, 0.1) is 16.6 Å². The van der Waals surface area contributed by atoms with Crippen molar-refractivity contribution in [1.82, 2.24) is 15.0 Å². The Balaban J connectivity index is 1.57. The lowest BCUT2D eigenvalue weighted by Gasteiger charge is -2.12. The maximum atomic E-state index is 13.1. The Morgan fingerprint density at radius 2 is 1.96 bits per heavy atom. The van der Waals surface area contributed by atoms with Crippen molar-refractivity contribution in [3.05, 3.63) is 65.2 Å². The Kier molecular flexibility index (Phi) is 4.12. The fourth-order valence-corrected chi connectivity index (χ4v) is 3.36. The summed E-state index contributed by atoms with van der Waals surface area (Å²) in [5.41, 5.74) is 2.02. The minimum Gasteiger partial charge on any atom is -0.352 e. The SMILES string of the molecule is FC(F)(F)c1ccccc1CNc1nc2ccc(-c3nccs3)cc2[nH]1. The molecule has 4 nitrogen and oxygen atoms in total. The Labute approximate surface area is 150 Å². The lowest BCUT2D eigenvalue weighted by molar-refractivity contribution is -0.138. The van der Waals surface area contributed by atoms with Gasteiger partial charge in [0.2, 0.25) is 5.95 Å². The second kappa shape index (κ2) is 6.45. The van der Waals surface area contributed by atoms with E-state index in [1.807, 2.05) is 23.6 Å². The fraction of sp³-hybridized carbons (Fsp3) is 0.111. The molecule has 2 N–H and O–H groups in total. The van der Waals surface area contributed by atoms with Gasteiger partial charge in [-0.25, -0.2) is 9.97 Å². The second-order valence-electron chi connectivity index (χ2n) is 5.66. The average Bonchev–Trinajstić information content (AvgIpc) is 3.28. The first-order chi connectivity index (χ1) is 12.5. The van der Waals surface area contributed by atoms with E-state index >= 15 is 0 Å². The van der Waals surface area contributed by atoms with Gasteiger partial charge in [-0.05, 0) is 29.8 Å². The number of alkyl halides is 3. The van der Waals surface area contributed by atoms with E-state index in [-0.39, 0.29) is 12.1 Å². The van der Waals surface area contributed by atoms with Crippen LogP contribution < -0.4 is 5.32 Å². The molecule has 2 aromatic heterocycles. The standard InChI is InChI=1S/C18H13F3N4S/c19-18(20,21)13-4-2-1-3-12(13)10-23-17-24-14-6-5-11(9-15(14)25-17)16-22-7-8-26-16/h1-9H,10H2,(H2,23,24,25). The summed E-state index contributed by atoms with van der Waals surface area (Å²) in [6.07, 6.45) is -2.64. The number of H-pyrrole nitrogens is 1. The van der Waals surface area contributed by atoms with Crippen LogP contribution >= 0.6 is 11.3 Å². The molecule has 0 aliphatic rings. The predicted octanol–water partition coefficient (Wildman–Crippen LogP) is 5.32. The first-order valence-corrected chi connectivity index (χ1v) is 8.67. The normalized spacial score (nSPS) is 11.8. The molecule has 0 saturated heterocycles. The maximum Gasteiger partial charge on any atom is 0.416 e. The molecule has 2 aromatic carbocycles. The highest BCUT2D eigenvalue weighted by atomic mass is 32.1. The topological polar surface area (TPSA) is 53.6 Å². The third-order valence-electron chi connectivity index (χ3n) is 3.93. The highest BCUT2D eigenvalue weighted by molar-refractivity contribution is 7.13. The van der Waals surface area contributed by atoms with Gasteiger partial charge < -0.3 is 10.3 Å². The summed E-state index contributed by atoms with van der Waals surface area (Å²) in [6, 6.07) is 11.2. The number of hydrogen-bond donors (Lipinski definition) is 2. The van der Waals surface area contributed by atoms with Crippen LogP contribution in [0.1, 0.15) is 11.1 Å². The second-order valence-corrected chi connectivity index (χ2v) is 6.56. The minimum absolute atomic E-state index is 0.0227. The van der Waals surface area contributed by atoms with E-state index < -0.39 is 11.7 Å². The van der Waals surface area contributed by atoms with Crippen molar-refractivity contribution in [2.45, 2.75) is 12.7 Å². The lowest BCUT2D eigenvalue weighted by Crippen LogP contribution is -2.12. The number of thiazole rings is 1. The highest BCUT2D eigenvalue weighted by Gasteiger charge is 2.32. The maximum absolute atomic E-state index is 13.1. The first kappa shape index (κ1) is 16.6. The number of imidazole rings is 1. The van der Waals surface area contributed by atoms with E-state index in [2.05, 4.69) is 20.3 Å². The van der Waals surface area contributed by atoms with Crippen molar-refractivity contribution < 1.29 is 13.2 Å². The summed E-state index contributed by atoms with van der Waals surface area (Å²) in [5, 5.41) is 5.74. The summed E-state index contributed by atoms with van der Waals surface area (Å²) in [5.74, 6) is 0.424. The van der Waals surface area contributed by atoms with Gasteiger partial charge >= 0.3 is 6.18 Å². The number of rotatable bonds is 4. The van der Waals surface area contributed by atoms with Gasteiger partial charge in [-0.1, -0.05) is 18.2 Å². The van der Waals surface area contributed by atoms with Gasteiger partial charge in [0.25, 0.3) is 0 Å². The van der Waals surface area contributed by atoms with E-state index in [1.165, 1.54) is 23.5 Å². The quantitative estimate of drug-likeness (QED) is 0.508. The van der Waals surface area contributed by atoms with Crippen molar-refractivity contribution in [2.24, 2.45) is 0 Å². The number of aromatic amines is 1. The van der Waals surface area contributed by atoms with Crippen molar-refractivity contribution in [3.63, 3.8) is 0 Å². The van der Waals surface area contributed by atoms with Gasteiger partial charge in [-0.3, -0.25) is 0 Å². The van der Waals surface area contributed by atoms with Crippen LogP contribution in [0.4, 0.5) is 19.1 Å². The number of benzene rings is 2. The van der Waals surface area contributed by atoms with E-state index in [1.54, 1.807) is 12.3 Å². The van der Waals surface area contributed by atoms with Crippen LogP contribution in [0.2, 0.25) is 0 Å². The molecular weight excluding hydrogens is 361 g/mol. The Hall–Kier alpha value is -2.87. The minimum atomic E-state index is -4.38. The fourth-order valence-electron chi connectivity index (χ4n) is 2.72. The monoisotopic (exact) mass is 374 g/mol. The van der Waals surface area contributed by atoms with Crippen molar-refractivity contribution in [1.29, 1.82) is 0 Å². The molecule has 8 heteroatoms. The van der Waals surface area contributed by atoms with Crippen LogP contribution in [0.3, 0.4) is 0 Å². The van der Waals surface area contributed by atoms with Crippen molar-refractivity contribution >= 4 is 28.3 Å². The number of aromatic nitrogens is 3. The molecule has 0 aliphatic carbocycles. The van der Waals surface area contributed by atoms with Crippen LogP contribution in [0, 0.1) is 0 Å². The Morgan fingerprint density at radius 3 is 2.73 bits per heavy atom. The molecule has 0 bridgehead atoms. The van der Waals surface area contributed by atoms with E-state index in [0.717, 1.165) is 27.7 Å². The Morgan fingerprint density at radius 1 is 1.12 bits per heavy atom. The van der Waals surface area contributed by atoms with Crippen molar-refractivity contribution in [3.8, 4) is 10.6 Å². The summed E-state index contributed by atoms with van der Waals surface area (Å²) in [7, 11) is 0. The van der Waals surface area contributed by atoms with E-state index in [0.29, 0.717) is 5.95 Å². The first-order valence-electron chi connectivity index (χ1n) is 7.79. The number of nitrogens with zero attached hydrogens (tertiary/aromatic N) is 2. The summed E-state index contributed by atoms with van der Waals surface area (Å²) >= 11 is 1.54. The number of anilines is 1. The van der Waals surface area contributed by atoms with Crippen LogP contribution in [0.5, 0.6) is 0 Å². The van der Waals surface area contributed by atoms with Crippen LogP contribution in [0.15, 0.2) is 54.0 Å². The molecule has 4 rings (SSSR count). The van der Waals surface area contributed by atoms with Crippen molar-refractivity contribution in [2.75, 3.05) is 5.32 Å². The molecule has 0 spiro atoms. The number of nitrogens with one attached hydrogen (secondary N) is 2. The lowest BCUT2D eigenvalue weighted by atomic mass is 10.1. The van der Waals surface area contributed by atoms with Crippen LogP contribution in [-0.4, -0.2) is 15.0 Å². The largest absolute Gasteiger partial charge is 0.416 e. The van der Waals surface area contributed by atoms with Gasteiger partial charge in [0.15, 0.2) is 0 Å². The zero-order valence-corrected chi connectivity index (χ0v) is 14.2. The molecule has 0 unspecified atom stereocenters. The molecule has 0 amide bonds. The molecule has 0 radical (unpaired) electrons. The zero-order valence-electron chi connectivity index (χ0n) is 13.3. The third-order valence-corrected chi connectivity index (χ3v) is 4.75. The van der Waals surface area contributed by atoms with E-state index in [9.17, 15) is 13.2 Å². The number of halogens is 3. The molecule has 0 atom stereocenters. The molecule has 0 saturated carbocycles. The van der Waals surface area contributed by atoms with Crippen LogP contribution in [0.25, 0.3) is 21.6 Å². The number of hydrogen-bond acceptors (Lipinski definition) is 4. The third kappa shape index (κ3) is 3.28. The summed E-state index contributed by atoms with van der Waals surface area (Å²) in [4.78, 5) is 11.7. The summed E-state index contributed by atoms with van der Waals surface area (Å²) in [6.45, 7) is 0.0227. The van der Waals surface area contributed by atoms with E-state index in [4.69, 9.17) is 0 Å². The highest BCUT2D eigenvalue weighted by Crippen LogP contribution is 2.32. The smallest absolute Gasteiger partial charge is 0.352 e. The molecule has 0 aliphatic heterocycles. The molecule has 2 heterocycles. The molecular formula is C18H13F3N4S. The predicted molar refractivity (Wildman–Crippen MR) is 96.0 cm³/mol. The zero-order chi connectivity index (χ0) is 18.1. The summed E-state index contributed by atoms with van der Waals surface area (Å²) < 4.78 is 39.2. The van der Waals surface area contributed by atoms with Gasteiger partial charge in [0, 0.05) is 23.7 Å². The average molecular weight is 374 g/mol. The molecule has 4 aromatic rings. The number of fused-ring (bicyclic) bond motifs is 1.